The van der Waals surface area contributed by atoms with Crippen LogP contribution in [-0.2, 0) is 19.1 Å². The van der Waals surface area contributed by atoms with E-state index in [0.717, 1.165) is 25.7 Å². The van der Waals surface area contributed by atoms with Crippen molar-refractivity contribution in [2.75, 3.05) is 13.2 Å². The Kier molecular flexibility index (Phi) is 5.52. The molecule has 0 radical (unpaired) electrons. The van der Waals surface area contributed by atoms with Gasteiger partial charge in [-0.1, -0.05) is 41.0 Å². The molecule has 30 heavy (non-hydrogen) atoms. The Hall–Kier alpha value is -1.10. The summed E-state index contributed by atoms with van der Waals surface area (Å²) in [4.78, 5) is 25.0. The number of fused-ring (bicyclic) bond motifs is 5. The molecule has 4 rings (SSSR count). The van der Waals surface area contributed by atoms with Crippen LogP contribution in [0, 0.1) is 45.8 Å². The van der Waals surface area contributed by atoms with Gasteiger partial charge in [-0.15, -0.1) is 0 Å². The number of carbonyl (C=O) groups is 2. The summed E-state index contributed by atoms with van der Waals surface area (Å²) in [6.45, 7) is 11.9. The Morgan fingerprint density at radius 2 is 1.97 bits per heavy atom. The lowest BCUT2D eigenvalue weighted by Crippen LogP contribution is -2.65. The first kappa shape index (κ1) is 22.1. The molecular formula is C25H40O5. The number of hydrogen-bond acceptors (Lipinski definition) is 5. The molecule has 5 nitrogen and oxygen atoms in total. The van der Waals surface area contributed by atoms with Crippen LogP contribution >= 0.6 is 0 Å². The summed E-state index contributed by atoms with van der Waals surface area (Å²) in [7, 11) is 0. The van der Waals surface area contributed by atoms with E-state index < -0.39 is 6.10 Å². The molecule has 170 valence electrons. The number of rotatable bonds is 4. The highest BCUT2D eigenvalue weighted by Crippen LogP contribution is 2.69. The average molecular weight is 421 g/mol. The maximum absolute atomic E-state index is 12.5. The Bertz CT molecular complexity index is 700. The van der Waals surface area contributed by atoms with Crippen LogP contribution in [0.1, 0.15) is 79.6 Å². The van der Waals surface area contributed by atoms with Gasteiger partial charge < -0.3 is 14.6 Å². The second-order valence-corrected chi connectivity index (χ2v) is 12.1. The van der Waals surface area contributed by atoms with Gasteiger partial charge in [0.05, 0.1) is 25.2 Å². The summed E-state index contributed by atoms with van der Waals surface area (Å²) in [6.07, 6.45) is 5.77. The lowest BCUT2D eigenvalue weighted by Gasteiger charge is -2.67. The number of cyclic esters (lactones) is 1. The standard InChI is InChI=1S/C25H40O5/c1-15(2)11-20(27)30-14-25-10-7-19-23(3,4)8-6-9-24(19,5)21(25)18(26)12-16-17(25)13-29-22(16)28/h15-19,21,26H,6-14H2,1-5H3/t16?,17-,18+,19+,21-,24+,25-/m1/s1. The monoisotopic (exact) mass is 420 g/mol. The van der Waals surface area contributed by atoms with Gasteiger partial charge in [0.25, 0.3) is 0 Å². The molecule has 1 aliphatic heterocycles. The van der Waals surface area contributed by atoms with Gasteiger partial charge >= 0.3 is 11.9 Å². The summed E-state index contributed by atoms with van der Waals surface area (Å²) in [6, 6.07) is 0. The molecule has 0 spiro atoms. The van der Waals surface area contributed by atoms with E-state index in [1.165, 1.54) is 6.42 Å². The van der Waals surface area contributed by atoms with E-state index in [2.05, 4.69) is 20.8 Å². The summed E-state index contributed by atoms with van der Waals surface area (Å²) >= 11 is 0. The summed E-state index contributed by atoms with van der Waals surface area (Å²) in [5.74, 6) is 0.236. The highest BCUT2D eigenvalue weighted by atomic mass is 16.5. The molecule has 4 aliphatic rings. The molecule has 0 amide bonds. The molecule has 4 fully saturated rings. The van der Waals surface area contributed by atoms with Crippen molar-refractivity contribution >= 4 is 11.9 Å². The number of aliphatic hydroxyl groups is 1. The molecule has 3 aliphatic carbocycles. The molecule has 7 atom stereocenters. The summed E-state index contributed by atoms with van der Waals surface area (Å²) < 4.78 is 11.4. The molecular weight excluding hydrogens is 380 g/mol. The maximum Gasteiger partial charge on any atom is 0.309 e. The van der Waals surface area contributed by atoms with Crippen molar-refractivity contribution < 1.29 is 24.2 Å². The molecule has 3 saturated carbocycles. The lowest BCUT2D eigenvalue weighted by atomic mass is 9.38. The van der Waals surface area contributed by atoms with E-state index in [1.54, 1.807) is 0 Å². The van der Waals surface area contributed by atoms with Gasteiger partial charge in [-0.2, -0.15) is 0 Å². The number of esters is 2. The third kappa shape index (κ3) is 3.30. The van der Waals surface area contributed by atoms with E-state index >= 15 is 0 Å². The number of hydrogen-bond donors (Lipinski definition) is 1. The minimum Gasteiger partial charge on any atom is -0.465 e. The van der Waals surface area contributed by atoms with Crippen LogP contribution in [0.4, 0.5) is 0 Å². The van der Waals surface area contributed by atoms with Gasteiger partial charge in [-0.3, -0.25) is 9.59 Å². The molecule has 0 aromatic heterocycles. The second kappa shape index (κ2) is 7.50. The number of aliphatic hydroxyl groups excluding tert-OH is 1. The molecule has 1 unspecified atom stereocenters. The van der Waals surface area contributed by atoms with Gasteiger partial charge in [0.1, 0.15) is 0 Å². The van der Waals surface area contributed by atoms with Crippen LogP contribution in [0.15, 0.2) is 0 Å². The summed E-state index contributed by atoms with van der Waals surface area (Å²) in [5, 5.41) is 11.5. The molecule has 5 heteroatoms. The van der Waals surface area contributed by atoms with E-state index in [9.17, 15) is 14.7 Å². The zero-order valence-electron chi connectivity index (χ0n) is 19.4. The van der Waals surface area contributed by atoms with Crippen LogP contribution in [0.5, 0.6) is 0 Å². The van der Waals surface area contributed by atoms with E-state index in [1.807, 2.05) is 13.8 Å². The van der Waals surface area contributed by atoms with Crippen molar-refractivity contribution in [3.05, 3.63) is 0 Å². The normalized spacial score (nSPS) is 44.6. The molecule has 1 saturated heterocycles. The zero-order valence-corrected chi connectivity index (χ0v) is 19.4. The van der Waals surface area contributed by atoms with Gasteiger partial charge in [-0.05, 0) is 60.7 Å². The first-order valence-corrected chi connectivity index (χ1v) is 12.0. The van der Waals surface area contributed by atoms with E-state index in [-0.39, 0.29) is 51.9 Å². The predicted molar refractivity (Wildman–Crippen MR) is 113 cm³/mol. The third-order valence-corrected chi connectivity index (χ3v) is 9.39. The third-order valence-electron chi connectivity index (χ3n) is 9.39. The fourth-order valence-corrected chi connectivity index (χ4v) is 8.38. The molecule has 0 aromatic carbocycles. The lowest BCUT2D eigenvalue weighted by molar-refractivity contribution is -0.230. The Balaban J connectivity index is 1.72. The Morgan fingerprint density at radius 1 is 1.23 bits per heavy atom. The SMILES string of the molecule is CC(C)CC(=O)OC[C@@]12CC[C@H]3C(C)(C)CCC[C@]3(C)[C@H]1[C@@H](O)CC1C(=O)OC[C@H]12. The van der Waals surface area contributed by atoms with Crippen LogP contribution in [0.3, 0.4) is 0 Å². The smallest absolute Gasteiger partial charge is 0.309 e. The van der Waals surface area contributed by atoms with Crippen molar-refractivity contribution in [2.24, 2.45) is 45.8 Å². The topological polar surface area (TPSA) is 72.8 Å². The van der Waals surface area contributed by atoms with Gasteiger partial charge in [-0.25, -0.2) is 0 Å². The molecule has 0 bridgehead atoms. The van der Waals surface area contributed by atoms with Crippen molar-refractivity contribution in [1.82, 2.24) is 0 Å². The van der Waals surface area contributed by atoms with Gasteiger partial charge in [0, 0.05) is 17.8 Å². The molecule has 1 N–H and O–H groups in total. The van der Waals surface area contributed by atoms with Crippen molar-refractivity contribution in [3.63, 3.8) is 0 Å². The minimum atomic E-state index is -0.553. The zero-order chi connectivity index (χ0) is 21.9. The van der Waals surface area contributed by atoms with Gasteiger partial charge in [0.15, 0.2) is 0 Å². The maximum atomic E-state index is 12.5. The van der Waals surface area contributed by atoms with Gasteiger partial charge in [0.2, 0.25) is 0 Å². The van der Waals surface area contributed by atoms with Crippen molar-refractivity contribution in [3.8, 4) is 0 Å². The number of ether oxygens (including phenoxy) is 2. The van der Waals surface area contributed by atoms with E-state index in [0.29, 0.717) is 32.0 Å². The first-order valence-electron chi connectivity index (χ1n) is 12.0. The van der Waals surface area contributed by atoms with Crippen molar-refractivity contribution in [2.45, 2.75) is 85.7 Å². The van der Waals surface area contributed by atoms with Crippen LogP contribution in [-0.4, -0.2) is 36.4 Å². The van der Waals surface area contributed by atoms with Crippen molar-refractivity contribution in [1.29, 1.82) is 0 Å². The predicted octanol–water partition coefficient (Wildman–Crippen LogP) is 4.36. The molecule has 1 heterocycles. The minimum absolute atomic E-state index is 0.0134. The highest BCUT2D eigenvalue weighted by molar-refractivity contribution is 5.75. The average Bonchev–Trinajstić information content (AvgIpc) is 3.00. The van der Waals surface area contributed by atoms with E-state index in [4.69, 9.17) is 9.47 Å². The first-order chi connectivity index (χ1) is 14.0. The van der Waals surface area contributed by atoms with Crippen LogP contribution in [0.25, 0.3) is 0 Å². The number of carbonyl (C=O) groups excluding carboxylic acids is 2. The summed E-state index contributed by atoms with van der Waals surface area (Å²) in [5.41, 5.74) is -0.147. The van der Waals surface area contributed by atoms with Crippen LogP contribution in [0.2, 0.25) is 0 Å². The largest absolute Gasteiger partial charge is 0.465 e. The Morgan fingerprint density at radius 3 is 2.67 bits per heavy atom. The quantitative estimate of drug-likeness (QED) is 0.684. The molecule has 0 aromatic rings. The van der Waals surface area contributed by atoms with Crippen LogP contribution < -0.4 is 0 Å². The highest BCUT2D eigenvalue weighted by Gasteiger charge is 2.69. The fraction of sp³-hybridized carbons (Fsp3) is 0.920. The Labute approximate surface area is 181 Å². The second-order valence-electron chi connectivity index (χ2n) is 12.1. The fourth-order valence-electron chi connectivity index (χ4n) is 8.38.